The number of ether oxygens (including phenoxy) is 1. The molecule has 1 aliphatic heterocycles. The Bertz CT molecular complexity index is 189. The number of cyclic esters (lactones) is 1. The minimum atomic E-state index is 0.00554. The highest BCUT2D eigenvalue weighted by atomic mass is 16.5. The molecule has 0 aromatic heterocycles. The molecule has 1 saturated heterocycles. The molecular weight excluding hydrogens is 188 g/mol. The maximum atomic E-state index is 11.1. The third-order valence-electron chi connectivity index (χ3n) is 3.45. The molecule has 0 aromatic carbocycles. The number of carbonyl (C=O) groups is 1. The van der Waals surface area contributed by atoms with Crippen molar-refractivity contribution < 1.29 is 9.53 Å². The molecule has 2 heteroatoms. The zero-order valence-corrected chi connectivity index (χ0v) is 10.1. The number of carbonyl (C=O) groups excluding carboxylic acids is 1. The Kier molecular flexibility index (Phi) is 5.74. The molecule has 0 amide bonds. The van der Waals surface area contributed by atoms with Gasteiger partial charge < -0.3 is 4.74 Å². The molecule has 0 radical (unpaired) electrons. The average molecular weight is 212 g/mol. The van der Waals surface area contributed by atoms with Crippen molar-refractivity contribution in [1.29, 1.82) is 0 Å². The van der Waals surface area contributed by atoms with Crippen LogP contribution in [0.2, 0.25) is 0 Å². The summed E-state index contributed by atoms with van der Waals surface area (Å²) in [5.41, 5.74) is 0. The molecule has 88 valence electrons. The summed E-state index contributed by atoms with van der Waals surface area (Å²) in [6.07, 6.45) is 9.13. The van der Waals surface area contributed by atoms with E-state index in [1.54, 1.807) is 0 Å². The third kappa shape index (κ3) is 4.23. The van der Waals surface area contributed by atoms with Gasteiger partial charge in [-0.1, -0.05) is 52.4 Å². The number of hydrogen-bond acceptors (Lipinski definition) is 2. The first-order chi connectivity index (χ1) is 7.25. The lowest BCUT2D eigenvalue weighted by atomic mass is 9.91. The summed E-state index contributed by atoms with van der Waals surface area (Å²) < 4.78 is 5.03. The van der Waals surface area contributed by atoms with Gasteiger partial charge in [0.15, 0.2) is 0 Å². The van der Waals surface area contributed by atoms with E-state index in [4.69, 9.17) is 4.74 Å². The van der Waals surface area contributed by atoms with Crippen LogP contribution in [0.25, 0.3) is 0 Å². The largest absolute Gasteiger partial charge is 0.465 e. The van der Waals surface area contributed by atoms with E-state index in [9.17, 15) is 4.79 Å². The zero-order chi connectivity index (χ0) is 11.1. The molecule has 1 aliphatic rings. The maximum Gasteiger partial charge on any atom is 0.309 e. The average Bonchev–Trinajstić information content (AvgIpc) is 2.54. The van der Waals surface area contributed by atoms with Crippen LogP contribution in [0.3, 0.4) is 0 Å². The Balaban J connectivity index is 1.98. The van der Waals surface area contributed by atoms with E-state index in [-0.39, 0.29) is 11.9 Å². The fourth-order valence-corrected chi connectivity index (χ4v) is 2.18. The quantitative estimate of drug-likeness (QED) is 0.476. The second-order valence-electron chi connectivity index (χ2n) is 4.74. The van der Waals surface area contributed by atoms with Gasteiger partial charge in [-0.2, -0.15) is 0 Å². The second-order valence-corrected chi connectivity index (χ2v) is 4.74. The summed E-state index contributed by atoms with van der Waals surface area (Å²) in [6, 6.07) is 0. The molecule has 0 spiro atoms. The summed E-state index contributed by atoms with van der Waals surface area (Å²) >= 11 is 0. The molecule has 0 aliphatic carbocycles. The minimum Gasteiger partial charge on any atom is -0.465 e. The van der Waals surface area contributed by atoms with Gasteiger partial charge in [0.1, 0.15) is 0 Å². The Hall–Kier alpha value is -0.530. The highest BCUT2D eigenvalue weighted by molar-refractivity contribution is 5.74. The van der Waals surface area contributed by atoms with Gasteiger partial charge in [0.05, 0.1) is 12.5 Å². The number of esters is 1. The fraction of sp³-hybridized carbons (Fsp3) is 0.923. The van der Waals surface area contributed by atoms with E-state index < -0.39 is 0 Å². The Morgan fingerprint density at radius 3 is 2.47 bits per heavy atom. The monoisotopic (exact) mass is 212 g/mol. The van der Waals surface area contributed by atoms with Crippen molar-refractivity contribution in [2.24, 2.45) is 11.8 Å². The van der Waals surface area contributed by atoms with E-state index in [1.165, 1.54) is 44.9 Å². The predicted octanol–water partition coefficient (Wildman–Crippen LogP) is 3.55. The van der Waals surface area contributed by atoms with Crippen molar-refractivity contribution in [2.45, 2.75) is 58.8 Å². The molecule has 1 heterocycles. The summed E-state index contributed by atoms with van der Waals surface area (Å²) in [5.74, 6) is 0.635. The van der Waals surface area contributed by atoms with Crippen molar-refractivity contribution in [3.63, 3.8) is 0 Å². The molecule has 2 nitrogen and oxygen atoms in total. The number of rotatable bonds is 7. The topological polar surface area (TPSA) is 26.3 Å². The Morgan fingerprint density at radius 1 is 1.20 bits per heavy atom. The van der Waals surface area contributed by atoms with Crippen molar-refractivity contribution in [3.8, 4) is 0 Å². The first kappa shape index (κ1) is 12.5. The SMILES string of the molecule is CCCCCCCC[C@@H]1COC(=O)[C@H]1C. The molecule has 1 rings (SSSR count). The van der Waals surface area contributed by atoms with E-state index in [0.29, 0.717) is 12.5 Å². The fourth-order valence-electron chi connectivity index (χ4n) is 2.18. The summed E-state index contributed by atoms with van der Waals surface area (Å²) in [6.45, 7) is 4.90. The van der Waals surface area contributed by atoms with Crippen LogP contribution in [0.1, 0.15) is 58.8 Å². The molecule has 2 atom stereocenters. The van der Waals surface area contributed by atoms with Crippen LogP contribution in [-0.2, 0) is 9.53 Å². The van der Waals surface area contributed by atoms with Crippen molar-refractivity contribution in [2.75, 3.05) is 6.61 Å². The van der Waals surface area contributed by atoms with Gasteiger partial charge in [0.2, 0.25) is 0 Å². The lowest BCUT2D eigenvalue weighted by Crippen LogP contribution is -2.11. The van der Waals surface area contributed by atoms with E-state index in [0.717, 1.165) is 0 Å². The van der Waals surface area contributed by atoms with Crippen LogP contribution in [0.5, 0.6) is 0 Å². The maximum absolute atomic E-state index is 11.1. The standard InChI is InChI=1S/C13H24O2/c1-3-4-5-6-7-8-9-12-10-15-13(14)11(12)2/h11-12H,3-10H2,1-2H3/t11-,12+/m0/s1. The smallest absolute Gasteiger partial charge is 0.309 e. The molecule has 0 saturated carbocycles. The highest BCUT2D eigenvalue weighted by Crippen LogP contribution is 2.26. The summed E-state index contributed by atoms with van der Waals surface area (Å²) in [5, 5.41) is 0. The van der Waals surface area contributed by atoms with Gasteiger partial charge in [0.25, 0.3) is 0 Å². The van der Waals surface area contributed by atoms with Gasteiger partial charge in [0, 0.05) is 5.92 Å². The van der Waals surface area contributed by atoms with Crippen LogP contribution < -0.4 is 0 Å². The highest BCUT2D eigenvalue weighted by Gasteiger charge is 2.32. The van der Waals surface area contributed by atoms with Crippen LogP contribution in [0.15, 0.2) is 0 Å². The molecule has 0 unspecified atom stereocenters. The predicted molar refractivity (Wildman–Crippen MR) is 61.6 cm³/mol. The zero-order valence-electron chi connectivity index (χ0n) is 10.1. The number of hydrogen-bond donors (Lipinski definition) is 0. The van der Waals surface area contributed by atoms with Crippen LogP contribution in [0.4, 0.5) is 0 Å². The third-order valence-corrected chi connectivity index (χ3v) is 3.45. The molecule has 1 fully saturated rings. The first-order valence-electron chi connectivity index (χ1n) is 6.42. The Labute approximate surface area is 93.4 Å². The van der Waals surface area contributed by atoms with Crippen LogP contribution in [-0.4, -0.2) is 12.6 Å². The molecular formula is C13H24O2. The van der Waals surface area contributed by atoms with Gasteiger partial charge in [-0.05, 0) is 6.42 Å². The summed E-state index contributed by atoms with van der Waals surface area (Å²) in [4.78, 5) is 11.1. The summed E-state index contributed by atoms with van der Waals surface area (Å²) in [7, 11) is 0. The second kappa shape index (κ2) is 6.86. The van der Waals surface area contributed by atoms with E-state index in [1.807, 2.05) is 6.92 Å². The van der Waals surface area contributed by atoms with Crippen LogP contribution >= 0.6 is 0 Å². The van der Waals surface area contributed by atoms with Gasteiger partial charge >= 0.3 is 5.97 Å². The normalized spacial score (nSPS) is 25.6. The first-order valence-corrected chi connectivity index (χ1v) is 6.42. The lowest BCUT2D eigenvalue weighted by Gasteiger charge is -2.09. The van der Waals surface area contributed by atoms with Gasteiger partial charge in [-0.3, -0.25) is 4.79 Å². The molecule has 0 aromatic rings. The molecule has 0 bridgehead atoms. The van der Waals surface area contributed by atoms with Crippen molar-refractivity contribution in [3.05, 3.63) is 0 Å². The lowest BCUT2D eigenvalue weighted by molar-refractivity contribution is -0.140. The van der Waals surface area contributed by atoms with Crippen molar-refractivity contribution >= 4 is 5.97 Å². The van der Waals surface area contributed by atoms with Gasteiger partial charge in [-0.25, -0.2) is 0 Å². The van der Waals surface area contributed by atoms with Crippen LogP contribution in [0, 0.1) is 11.8 Å². The minimum absolute atomic E-state index is 0.00554. The van der Waals surface area contributed by atoms with Gasteiger partial charge in [-0.15, -0.1) is 0 Å². The number of unbranched alkanes of at least 4 members (excludes halogenated alkanes) is 5. The van der Waals surface area contributed by atoms with Crippen molar-refractivity contribution in [1.82, 2.24) is 0 Å². The Morgan fingerprint density at radius 2 is 1.87 bits per heavy atom. The van der Waals surface area contributed by atoms with E-state index >= 15 is 0 Å². The van der Waals surface area contributed by atoms with E-state index in [2.05, 4.69) is 6.92 Å². The molecule has 15 heavy (non-hydrogen) atoms. The molecule has 0 N–H and O–H groups in total.